The highest BCUT2D eigenvalue weighted by atomic mass is 35.5. The summed E-state index contributed by atoms with van der Waals surface area (Å²) in [7, 11) is 0. The van der Waals surface area contributed by atoms with Crippen LogP contribution in [0.3, 0.4) is 0 Å². The molecule has 0 aliphatic carbocycles. The number of hydrogen-bond donors (Lipinski definition) is 1. The van der Waals surface area contributed by atoms with Crippen molar-refractivity contribution in [2.75, 3.05) is 32.7 Å². The lowest BCUT2D eigenvalue weighted by molar-refractivity contribution is -0.136. The van der Waals surface area contributed by atoms with E-state index in [1.54, 1.807) is 0 Å². The lowest BCUT2D eigenvalue weighted by Gasteiger charge is -2.32. The maximum atomic E-state index is 12.8. The third-order valence-corrected chi connectivity index (χ3v) is 5.62. The third kappa shape index (κ3) is 3.82. The number of amides is 2. The highest BCUT2D eigenvalue weighted by Crippen LogP contribution is 2.30. The van der Waals surface area contributed by atoms with Gasteiger partial charge >= 0.3 is 0 Å². The predicted octanol–water partition coefficient (Wildman–Crippen LogP) is 1.51. The Morgan fingerprint density at radius 1 is 1.13 bits per heavy atom. The van der Waals surface area contributed by atoms with Crippen molar-refractivity contribution in [3.8, 4) is 0 Å². The number of carbonyl (C=O) groups excluding carboxylic acids is 2. The fourth-order valence-corrected chi connectivity index (χ4v) is 4.22. The van der Waals surface area contributed by atoms with Gasteiger partial charge in [-0.05, 0) is 58.5 Å². The minimum Gasteiger partial charge on any atom is -0.342 e. The van der Waals surface area contributed by atoms with Crippen LogP contribution < -0.4 is 5.32 Å². The molecule has 23 heavy (non-hydrogen) atoms. The fourth-order valence-electron chi connectivity index (χ4n) is 4.22. The van der Waals surface area contributed by atoms with E-state index in [4.69, 9.17) is 0 Å². The van der Waals surface area contributed by atoms with Crippen molar-refractivity contribution in [3.05, 3.63) is 0 Å². The van der Waals surface area contributed by atoms with Crippen molar-refractivity contribution >= 4 is 24.2 Å². The summed E-state index contributed by atoms with van der Waals surface area (Å²) in [5, 5.41) is 3.46. The summed E-state index contributed by atoms with van der Waals surface area (Å²) >= 11 is 0. The van der Waals surface area contributed by atoms with Crippen molar-refractivity contribution in [1.29, 1.82) is 0 Å². The molecule has 6 heteroatoms. The standard InChI is InChI=1S/C17H29N3O2.ClH/c1-17(2,3)20-11-14(8-15(20)21)16(22)19-6-4-12-9-18-10-13(12)5-7-19;/h12-14,18H,4-11H2,1-3H3;1H/t12-,13+,14?;. The fraction of sp³-hybridized carbons (Fsp3) is 0.882. The molecule has 1 N–H and O–H groups in total. The average Bonchev–Trinajstić information content (AvgIpc) is 3.00. The number of carbonyl (C=O) groups is 2. The summed E-state index contributed by atoms with van der Waals surface area (Å²) in [4.78, 5) is 28.9. The SMILES string of the molecule is CC(C)(C)N1CC(C(=O)N2CC[C@@H]3CNC[C@@H]3CC2)CC1=O.Cl. The zero-order chi connectivity index (χ0) is 15.9. The van der Waals surface area contributed by atoms with E-state index < -0.39 is 0 Å². The molecule has 132 valence electrons. The molecule has 3 saturated heterocycles. The normalized spacial score (nSPS) is 31.6. The Morgan fingerprint density at radius 2 is 1.70 bits per heavy atom. The van der Waals surface area contributed by atoms with Crippen molar-refractivity contribution < 1.29 is 9.59 Å². The lowest BCUT2D eigenvalue weighted by atomic mass is 9.92. The number of rotatable bonds is 1. The molecule has 0 saturated carbocycles. The van der Waals surface area contributed by atoms with Gasteiger partial charge in [-0.2, -0.15) is 0 Å². The molecule has 3 atom stereocenters. The molecule has 2 amide bonds. The molecule has 0 aromatic heterocycles. The highest BCUT2D eigenvalue weighted by Gasteiger charge is 2.41. The van der Waals surface area contributed by atoms with E-state index in [9.17, 15) is 9.59 Å². The van der Waals surface area contributed by atoms with E-state index in [0.717, 1.165) is 50.9 Å². The van der Waals surface area contributed by atoms with E-state index in [0.29, 0.717) is 13.0 Å². The molecule has 3 fully saturated rings. The average molecular weight is 344 g/mol. The third-order valence-electron chi connectivity index (χ3n) is 5.62. The maximum Gasteiger partial charge on any atom is 0.227 e. The van der Waals surface area contributed by atoms with Gasteiger partial charge in [0.15, 0.2) is 0 Å². The topological polar surface area (TPSA) is 52.7 Å². The molecule has 1 unspecified atom stereocenters. The Hall–Kier alpha value is -0.810. The Labute approximate surface area is 145 Å². The van der Waals surface area contributed by atoms with Gasteiger partial charge in [0.2, 0.25) is 11.8 Å². The summed E-state index contributed by atoms with van der Waals surface area (Å²) in [6.45, 7) is 10.6. The summed E-state index contributed by atoms with van der Waals surface area (Å²) in [5.74, 6) is 1.65. The maximum absolute atomic E-state index is 12.8. The number of fused-ring (bicyclic) bond motifs is 1. The number of halogens is 1. The van der Waals surface area contributed by atoms with Gasteiger partial charge < -0.3 is 15.1 Å². The van der Waals surface area contributed by atoms with Crippen LogP contribution in [0.15, 0.2) is 0 Å². The summed E-state index contributed by atoms with van der Waals surface area (Å²) < 4.78 is 0. The van der Waals surface area contributed by atoms with Gasteiger partial charge in [-0.15, -0.1) is 12.4 Å². The molecule has 0 aromatic carbocycles. The molecule has 0 radical (unpaired) electrons. The largest absolute Gasteiger partial charge is 0.342 e. The van der Waals surface area contributed by atoms with Gasteiger partial charge in [-0.3, -0.25) is 9.59 Å². The first-order valence-corrected chi connectivity index (χ1v) is 8.66. The van der Waals surface area contributed by atoms with E-state index >= 15 is 0 Å². The number of nitrogens with zero attached hydrogens (tertiary/aromatic N) is 2. The van der Waals surface area contributed by atoms with Crippen molar-refractivity contribution in [2.24, 2.45) is 17.8 Å². The first kappa shape index (κ1) is 18.5. The van der Waals surface area contributed by atoms with Crippen LogP contribution in [0.5, 0.6) is 0 Å². The lowest BCUT2D eigenvalue weighted by Crippen LogP contribution is -2.44. The van der Waals surface area contributed by atoms with Crippen LogP contribution in [0, 0.1) is 17.8 Å². The first-order valence-electron chi connectivity index (χ1n) is 8.66. The quantitative estimate of drug-likeness (QED) is 0.785. The van der Waals surface area contributed by atoms with Gasteiger partial charge in [-0.1, -0.05) is 0 Å². The molecular weight excluding hydrogens is 314 g/mol. The zero-order valence-corrected chi connectivity index (χ0v) is 15.3. The van der Waals surface area contributed by atoms with E-state index in [1.165, 1.54) is 0 Å². The molecule has 5 nitrogen and oxygen atoms in total. The second-order valence-corrected chi connectivity index (χ2v) is 8.16. The monoisotopic (exact) mass is 343 g/mol. The minimum absolute atomic E-state index is 0. The summed E-state index contributed by atoms with van der Waals surface area (Å²) in [6, 6.07) is 0. The summed E-state index contributed by atoms with van der Waals surface area (Å²) in [6.07, 6.45) is 2.60. The van der Waals surface area contributed by atoms with Crippen LogP contribution in [0.4, 0.5) is 0 Å². The van der Waals surface area contributed by atoms with E-state index in [2.05, 4.69) is 5.32 Å². The number of likely N-dealkylation sites (tertiary alicyclic amines) is 2. The Kier molecular flexibility index (Phi) is 5.62. The molecular formula is C17H30ClN3O2. The van der Waals surface area contributed by atoms with Crippen LogP contribution in [0.25, 0.3) is 0 Å². The number of nitrogens with one attached hydrogen (secondary N) is 1. The van der Waals surface area contributed by atoms with Crippen LogP contribution >= 0.6 is 12.4 Å². The smallest absolute Gasteiger partial charge is 0.227 e. The highest BCUT2D eigenvalue weighted by molar-refractivity contribution is 5.89. The molecule has 3 aliphatic rings. The van der Waals surface area contributed by atoms with Gasteiger partial charge in [-0.25, -0.2) is 0 Å². The van der Waals surface area contributed by atoms with Gasteiger partial charge in [0.25, 0.3) is 0 Å². The van der Waals surface area contributed by atoms with Crippen LogP contribution in [0.1, 0.15) is 40.0 Å². The summed E-state index contributed by atoms with van der Waals surface area (Å²) in [5.41, 5.74) is -0.187. The van der Waals surface area contributed by atoms with Crippen molar-refractivity contribution in [1.82, 2.24) is 15.1 Å². The van der Waals surface area contributed by atoms with Gasteiger partial charge in [0, 0.05) is 31.6 Å². The van der Waals surface area contributed by atoms with Gasteiger partial charge in [0.1, 0.15) is 0 Å². The predicted molar refractivity (Wildman–Crippen MR) is 92.5 cm³/mol. The van der Waals surface area contributed by atoms with E-state index in [-0.39, 0.29) is 35.7 Å². The molecule has 0 bridgehead atoms. The molecule has 3 aliphatic heterocycles. The molecule has 0 aromatic rings. The zero-order valence-electron chi connectivity index (χ0n) is 14.5. The van der Waals surface area contributed by atoms with E-state index in [1.807, 2.05) is 30.6 Å². The second-order valence-electron chi connectivity index (χ2n) is 8.16. The molecule has 0 spiro atoms. The van der Waals surface area contributed by atoms with Crippen LogP contribution in [-0.4, -0.2) is 59.9 Å². The Balaban J connectivity index is 0.00000192. The van der Waals surface area contributed by atoms with Crippen LogP contribution in [0.2, 0.25) is 0 Å². The number of hydrogen-bond acceptors (Lipinski definition) is 3. The minimum atomic E-state index is -0.187. The molecule has 3 rings (SSSR count). The van der Waals surface area contributed by atoms with Crippen molar-refractivity contribution in [2.45, 2.75) is 45.6 Å². The van der Waals surface area contributed by atoms with Crippen molar-refractivity contribution in [3.63, 3.8) is 0 Å². The Bertz CT molecular complexity index is 449. The first-order chi connectivity index (χ1) is 10.4. The second kappa shape index (κ2) is 6.98. The Morgan fingerprint density at radius 3 is 2.17 bits per heavy atom. The molecule has 3 heterocycles. The van der Waals surface area contributed by atoms with Gasteiger partial charge in [0.05, 0.1) is 5.92 Å². The van der Waals surface area contributed by atoms with Crippen LogP contribution in [-0.2, 0) is 9.59 Å².